The number of hydrogen-bond acceptors (Lipinski definition) is 3. The molecule has 0 radical (unpaired) electrons. The maximum atomic E-state index is 12.8. The molecule has 142 valence electrons. The molecular formula is C22H20N2O3S. The van der Waals surface area contributed by atoms with Crippen LogP contribution in [0, 0.1) is 0 Å². The molecule has 0 fully saturated rings. The van der Waals surface area contributed by atoms with E-state index in [0.717, 1.165) is 5.56 Å². The van der Waals surface area contributed by atoms with Crippen LogP contribution >= 0.6 is 0 Å². The van der Waals surface area contributed by atoms with Gasteiger partial charge in [0.25, 0.3) is 10.0 Å². The van der Waals surface area contributed by atoms with Gasteiger partial charge in [-0.3, -0.25) is 0 Å². The van der Waals surface area contributed by atoms with Crippen molar-refractivity contribution < 1.29 is 13.2 Å². The summed E-state index contributed by atoms with van der Waals surface area (Å²) in [6.45, 7) is 2.24. The molecule has 0 amide bonds. The Balaban J connectivity index is 2.15. The van der Waals surface area contributed by atoms with E-state index >= 15 is 0 Å². The summed E-state index contributed by atoms with van der Waals surface area (Å²) in [7, 11) is -3.93. The number of hydrogen-bond donors (Lipinski definition) is 0. The van der Waals surface area contributed by atoms with Gasteiger partial charge in [-0.15, -0.1) is 4.40 Å². The molecule has 5 nitrogen and oxygen atoms in total. The summed E-state index contributed by atoms with van der Waals surface area (Å²) >= 11 is 0. The minimum absolute atomic E-state index is 0.0664. The summed E-state index contributed by atoms with van der Waals surface area (Å²) in [4.78, 5) is 4.59. The van der Waals surface area contributed by atoms with Gasteiger partial charge in [-0.2, -0.15) is 13.4 Å². The zero-order valence-electron chi connectivity index (χ0n) is 15.4. The van der Waals surface area contributed by atoms with E-state index in [9.17, 15) is 8.42 Å². The van der Waals surface area contributed by atoms with Gasteiger partial charge < -0.3 is 4.74 Å². The smallest absolute Gasteiger partial charge is 0.284 e. The molecule has 0 saturated carbocycles. The topological polar surface area (TPSA) is 68.1 Å². The van der Waals surface area contributed by atoms with E-state index in [-0.39, 0.29) is 10.7 Å². The zero-order valence-corrected chi connectivity index (χ0v) is 16.2. The summed E-state index contributed by atoms with van der Waals surface area (Å²) in [5.74, 6) is 0.380. The van der Waals surface area contributed by atoms with E-state index in [0.29, 0.717) is 18.1 Å². The summed E-state index contributed by atoms with van der Waals surface area (Å²) in [5, 5.41) is 0. The number of sulfonamides is 1. The number of rotatable bonds is 5. The first-order valence-electron chi connectivity index (χ1n) is 8.82. The molecule has 0 spiro atoms. The third-order valence-electron chi connectivity index (χ3n) is 3.79. The van der Waals surface area contributed by atoms with Crippen LogP contribution in [-0.2, 0) is 14.8 Å². The van der Waals surface area contributed by atoms with Gasteiger partial charge in [0.2, 0.25) is 5.90 Å². The third-order valence-corrected chi connectivity index (χ3v) is 5.07. The van der Waals surface area contributed by atoms with Gasteiger partial charge in [0.15, 0.2) is 5.84 Å². The SMILES string of the molecule is CCOC(=N/C(=N/S(=O)(=O)c1ccccc1)c1ccccc1)c1ccccc1. The Morgan fingerprint density at radius 1 is 0.786 bits per heavy atom. The third kappa shape index (κ3) is 4.92. The highest BCUT2D eigenvalue weighted by Gasteiger charge is 2.16. The number of ether oxygens (including phenoxy) is 1. The van der Waals surface area contributed by atoms with Crippen molar-refractivity contribution in [2.75, 3.05) is 6.61 Å². The standard InChI is InChI=1S/C22H20N2O3S/c1-2-27-22(19-14-8-4-9-15-19)23-21(18-12-6-3-7-13-18)24-28(25,26)20-16-10-5-11-17-20/h3-17H,2H2,1H3/b23-22?,24-21+. The van der Waals surface area contributed by atoms with E-state index in [1.54, 1.807) is 42.5 Å². The van der Waals surface area contributed by atoms with Crippen LogP contribution in [-0.4, -0.2) is 26.8 Å². The van der Waals surface area contributed by atoms with Crippen LogP contribution in [0.15, 0.2) is 105 Å². The predicted molar refractivity (Wildman–Crippen MR) is 111 cm³/mol. The average Bonchev–Trinajstić information content (AvgIpc) is 2.74. The van der Waals surface area contributed by atoms with E-state index in [4.69, 9.17) is 4.74 Å². The lowest BCUT2D eigenvalue weighted by Crippen LogP contribution is -2.12. The van der Waals surface area contributed by atoms with Gasteiger partial charge in [-0.1, -0.05) is 66.7 Å². The Bertz CT molecular complexity index is 1060. The predicted octanol–water partition coefficient (Wildman–Crippen LogP) is 4.31. The van der Waals surface area contributed by atoms with Crippen molar-refractivity contribution in [3.8, 4) is 0 Å². The minimum atomic E-state index is -3.93. The Kier molecular flexibility index (Phi) is 6.34. The van der Waals surface area contributed by atoms with Gasteiger partial charge in [0, 0.05) is 11.1 Å². The fraction of sp³-hybridized carbons (Fsp3) is 0.0909. The average molecular weight is 392 g/mol. The van der Waals surface area contributed by atoms with Crippen molar-refractivity contribution in [2.45, 2.75) is 11.8 Å². The minimum Gasteiger partial charge on any atom is -0.477 e. The fourth-order valence-electron chi connectivity index (χ4n) is 2.48. The Labute approximate surface area is 165 Å². The molecule has 0 heterocycles. The first kappa shape index (κ1) is 19.5. The molecule has 3 aromatic rings. The molecule has 0 bridgehead atoms. The van der Waals surface area contributed by atoms with Crippen LogP contribution in [0.1, 0.15) is 18.1 Å². The molecule has 0 atom stereocenters. The molecule has 0 aliphatic carbocycles. The van der Waals surface area contributed by atoms with Crippen LogP contribution in [0.25, 0.3) is 0 Å². The fourth-order valence-corrected chi connectivity index (χ4v) is 3.46. The molecule has 0 unspecified atom stereocenters. The first-order valence-corrected chi connectivity index (χ1v) is 10.3. The first-order chi connectivity index (χ1) is 13.6. The number of amidine groups is 1. The summed E-state index contributed by atoms with van der Waals surface area (Å²) in [6, 6.07) is 26.4. The largest absolute Gasteiger partial charge is 0.477 e. The van der Waals surface area contributed by atoms with E-state index in [1.807, 2.05) is 43.3 Å². The van der Waals surface area contributed by atoms with Crippen molar-refractivity contribution >= 4 is 21.8 Å². The molecule has 28 heavy (non-hydrogen) atoms. The molecule has 0 aromatic heterocycles. The molecule has 6 heteroatoms. The van der Waals surface area contributed by atoms with Crippen molar-refractivity contribution in [3.63, 3.8) is 0 Å². The van der Waals surface area contributed by atoms with Crippen molar-refractivity contribution in [2.24, 2.45) is 9.39 Å². The number of aliphatic imine (C=N–C) groups is 1. The van der Waals surface area contributed by atoms with Crippen LogP contribution in [0.4, 0.5) is 0 Å². The molecule has 3 aromatic carbocycles. The molecule has 0 aliphatic heterocycles. The Morgan fingerprint density at radius 2 is 1.29 bits per heavy atom. The maximum Gasteiger partial charge on any atom is 0.284 e. The monoisotopic (exact) mass is 392 g/mol. The van der Waals surface area contributed by atoms with E-state index < -0.39 is 10.0 Å². The maximum absolute atomic E-state index is 12.8. The Morgan fingerprint density at radius 3 is 1.82 bits per heavy atom. The number of benzene rings is 3. The summed E-state index contributed by atoms with van der Waals surface area (Å²) < 4.78 is 35.3. The molecule has 0 aliphatic rings. The van der Waals surface area contributed by atoms with E-state index in [1.165, 1.54) is 12.1 Å². The lowest BCUT2D eigenvalue weighted by atomic mass is 10.2. The lowest BCUT2D eigenvalue weighted by Gasteiger charge is -2.09. The van der Waals surface area contributed by atoms with Gasteiger partial charge in [0.05, 0.1) is 11.5 Å². The zero-order chi connectivity index (χ0) is 19.8. The van der Waals surface area contributed by atoms with Crippen LogP contribution < -0.4 is 0 Å². The van der Waals surface area contributed by atoms with Crippen molar-refractivity contribution in [1.82, 2.24) is 0 Å². The molecular weight excluding hydrogens is 372 g/mol. The highest BCUT2D eigenvalue weighted by Crippen LogP contribution is 2.15. The van der Waals surface area contributed by atoms with Crippen LogP contribution in [0.3, 0.4) is 0 Å². The second kappa shape index (κ2) is 9.10. The van der Waals surface area contributed by atoms with Gasteiger partial charge in [-0.25, -0.2) is 0 Å². The van der Waals surface area contributed by atoms with Crippen LogP contribution in [0.5, 0.6) is 0 Å². The molecule has 0 N–H and O–H groups in total. The second-order valence-corrected chi connectivity index (χ2v) is 7.39. The quantitative estimate of drug-likeness (QED) is 0.480. The second-order valence-electron chi connectivity index (χ2n) is 5.79. The van der Waals surface area contributed by atoms with Crippen molar-refractivity contribution in [1.29, 1.82) is 0 Å². The van der Waals surface area contributed by atoms with Crippen molar-refractivity contribution in [3.05, 3.63) is 102 Å². The summed E-state index contributed by atoms with van der Waals surface area (Å²) in [6.07, 6.45) is 0. The molecule has 0 saturated heterocycles. The summed E-state index contributed by atoms with van der Waals surface area (Å²) in [5.41, 5.74) is 1.32. The lowest BCUT2D eigenvalue weighted by molar-refractivity contribution is 0.329. The van der Waals surface area contributed by atoms with Gasteiger partial charge >= 0.3 is 0 Å². The highest BCUT2D eigenvalue weighted by atomic mass is 32.2. The van der Waals surface area contributed by atoms with Gasteiger partial charge in [-0.05, 0) is 31.2 Å². The normalized spacial score (nSPS) is 12.6. The molecule has 3 rings (SSSR count). The van der Waals surface area contributed by atoms with Gasteiger partial charge in [0.1, 0.15) is 0 Å². The van der Waals surface area contributed by atoms with E-state index in [2.05, 4.69) is 9.39 Å². The van der Waals surface area contributed by atoms with Crippen LogP contribution in [0.2, 0.25) is 0 Å². The number of nitrogens with zero attached hydrogens (tertiary/aromatic N) is 2. The highest BCUT2D eigenvalue weighted by molar-refractivity contribution is 7.90. The Hall–Kier alpha value is -3.25.